The Morgan fingerprint density at radius 2 is 1.22 bits per heavy atom. The van der Waals surface area contributed by atoms with Crippen LogP contribution < -0.4 is 43.4 Å². The molecule has 318 valence electrons. The molecule has 9 amide bonds. The van der Waals surface area contributed by atoms with Gasteiger partial charge in [-0.25, -0.2) is 9.59 Å². The lowest BCUT2D eigenvalue weighted by atomic mass is 10.1. The molecule has 0 aliphatic rings. The smallest absolute Gasteiger partial charge is 0.312 e. The summed E-state index contributed by atoms with van der Waals surface area (Å²) in [4.78, 5) is 102. The van der Waals surface area contributed by atoms with Crippen LogP contribution in [0.1, 0.15) is 42.4 Å². The van der Waals surface area contributed by atoms with E-state index in [9.17, 15) is 33.6 Å². The predicted octanol–water partition coefficient (Wildman–Crippen LogP) is -0.464. The Kier molecular flexibility index (Phi) is 21.2. The number of thiol groups is 1. The normalized spacial score (nSPS) is 11.6. The van der Waals surface area contributed by atoms with Gasteiger partial charge in [0, 0.05) is 69.8 Å². The zero-order chi connectivity index (χ0) is 42.8. The predicted molar refractivity (Wildman–Crippen MR) is 222 cm³/mol. The summed E-state index contributed by atoms with van der Waals surface area (Å²) in [6.07, 6.45) is 6.86. The first-order valence-electron chi connectivity index (χ1n) is 19.1. The number of nitrogens with zero attached hydrogens (tertiary/aromatic N) is 4. The number of nitrogens with one attached hydrogen (secondary N) is 6. The molecule has 0 aliphatic carbocycles. The van der Waals surface area contributed by atoms with E-state index in [1.54, 1.807) is 43.0 Å². The van der Waals surface area contributed by atoms with Crippen LogP contribution in [0.2, 0.25) is 0 Å². The Labute approximate surface area is 348 Å². The van der Waals surface area contributed by atoms with Gasteiger partial charge in [-0.15, -0.1) is 0 Å². The number of rotatable bonds is 26. The van der Waals surface area contributed by atoms with Crippen LogP contribution in [0.3, 0.4) is 0 Å². The molecule has 10 N–H and O–H groups in total. The molecule has 20 heteroatoms. The van der Waals surface area contributed by atoms with Gasteiger partial charge in [0.05, 0.1) is 19.6 Å². The average molecular weight is 835 g/mol. The molecule has 0 fully saturated rings. The number of urea groups is 2. The van der Waals surface area contributed by atoms with E-state index >= 15 is 0 Å². The summed E-state index contributed by atoms with van der Waals surface area (Å²) in [5, 5.41) is 16.1. The van der Waals surface area contributed by atoms with Gasteiger partial charge in [0.2, 0.25) is 29.5 Å². The third-order valence-corrected chi connectivity index (χ3v) is 8.84. The molecule has 0 saturated carbocycles. The second-order valence-electron chi connectivity index (χ2n) is 13.4. The standard InChI is InChI=1S/C39H54N12O7S/c40-38(57)46-16-6-12-31(48-34(53)27-50(24-28-8-2-1-3-9-28)35(54)23-44-21-29-10-4-14-42-20-29)36(55)49-32(13-7-17-47-39(41)58)37(56)51(26-33(52)45-18-19-59)25-30-11-5-15-43-22-30/h1-5,8-11,14-15,20,22,31-32,44,59H,6-7,12-13,16-19,21,23-27H2,(H,45,52)(H,48,53)(H,49,55)(H3,40,46,57)(H3,41,47,58)/t31?,32-/m0/s1. The third-order valence-electron chi connectivity index (χ3n) is 8.61. The Balaban J connectivity index is 1.84. The zero-order valence-corrected chi connectivity index (χ0v) is 33.7. The molecule has 0 radical (unpaired) electrons. The molecular weight excluding hydrogens is 781 g/mol. The van der Waals surface area contributed by atoms with Gasteiger partial charge >= 0.3 is 12.1 Å². The topological polar surface area (TPSA) is 276 Å². The van der Waals surface area contributed by atoms with E-state index in [2.05, 4.69) is 54.5 Å². The Hall–Kier alpha value is -6.28. The van der Waals surface area contributed by atoms with Crippen molar-refractivity contribution in [3.8, 4) is 0 Å². The molecule has 0 bridgehead atoms. The minimum absolute atomic E-state index is 0.00677. The van der Waals surface area contributed by atoms with Gasteiger partial charge in [-0.05, 0) is 54.5 Å². The van der Waals surface area contributed by atoms with Gasteiger partial charge in [-0.1, -0.05) is 42.5 Å². The number of amides is 9. The van der Waals surface area contributed by atoms with E-state index in [1.165, 1.54) is 9.80 Å². The van der Waals surface area contributed by atoms with Gasteiger partial charge in [-0.3, -0.25) is 33.9 Å². The van der Waals surface area contributed by atoms with E-state index in [4.69, 9.17) is 11.5 Å². The van der Waals surface area contributed by atoms with Crippen LogP contribution in [0.5, 0.6) is 0 Å². The van der Waals surface area contributed by atoms with Gasteiger partial charge in [-0.2, -0.15) is 12.6 Å². The first kappa shape index (κ1) is 47.1. The molecule has 2 heterocycles. The highest BCUT2D eigenvalue weighted by molar-refractivity contribution is 7.80. The Morgan fingerprint density at radius 3 is 1.81 bits per heavy atom. The van der Waals surface area contributed by atoms with E-state index in [1.807, 2.05) is 36.4 Å². The summed E-state index contributed by atoms with van der Waals surface area (Å²) in [5.41, 5.74) is 12.7. The fourth-order valence-corrected chi connectivity index (χ4v) is 5.89. The van der Waals surface area contributed by atoms with Crippen molar-refractivity contribution in [2.45, 2.75) is 57.4 Å². The Morgan fingerprint density at radius 1 is 0.644 bits per heavy atom. The van der Waals surface area contributed by atoms with E-state index in [-0.39, 0.29) is 77.4 Å². The molecule has 0 saturated heterocycles. The lowest BCUT2D eigenvalue weighted by Gasteiger charge is -2.29. The van der Waals surface area contributed by atoms with Crippen LogP contribution in [0.25, 0.3) is 0 Å². The quantitative estimate of drug-likeness (QED) is 0.0371. The maximum atomic E-state index is 14.3. The average Bonchev–Trinajstić information content (AvgIpc) is 3.22. The summed E-state index contributed by atoms with van der Waals surface area (Å²) >= 11 is 4.13. The molecular formula is C39H54N12O7S. The van der Waals surface area contributed by atoms with Crippen LogP contribution in [-0.2, 0) is 43.6 Å². The fourth-order valence-electron chi connectivity index (χ4n) is 5.78. The van der Waals surface area contributed by atoms with Gasteiger partial charge in [0.25, 0.3) is 0 Å². The highest BCUT2D eigenvalue weighted by Crippen LogP contribution is 2.11. The molecule has 3 aromatic rings. The third kappa shape index (κ3) is 19.1. The summed E-state index contributed by atoms with van der Waals surface area (Å²) in [6, 6.07) is 12.1. The van der Waals surface area contributed by atoms with Gasteiger partial charge in [0.1, 0.15) is 12.1 Å². The minimum atomic E-state index is -1.24. The van der Waals surface area contributed by atoms with Crippen molar-refractivity contribution in [1.29, 1.82) is 0 Å². The van der Waals surface area contributed by atoms with Crippen LogP contribution in [0.15, 0.2) is 79.4 Å². The second kappa shape index (κ2) is 26.6. The van der Waals surface area contributed by atoms with Crippen LogP contribution in [0.4, 0.5) is 9.59 Å². The monoisotopic (exact) mass is 834 g/mol. The Bertz CT molecular complexity index is 1790. The van der Waals surface area contributed by atoms with Gasteiger partial charge in [0.15, 0.2) is 0 Å². The molecule has 0 spiro atoms. The van der Waals surface area contributed by atoms with E-state index in [0.29, 0.717) is 17.9 Å². The first-order chi connectivity index (χ1) is 28.4. The SMILES string of the molecule is NC(=O)NCCCC(NC(=O)CN(Cc1ccccc1)C(=O)CNCc1cccnc1)C(=O)N[C@@H](CCCNC(N)=O)C(=O)N(CC(=O)NCCS)Cc1cccnc1. The maximum absolute atomic E-state index is 14.3. The van der Waals surface area contributed by atoms with Crippen LogP contribution >= 0.6 is 12.6 Å². The first-order valence-corrected chi connectivity index (χ1v) is 19.7. The summed E-state index contributed by atoms with van der Waals surface area (Å²) in [6.45, 7) is 0.0255. The van der Waals surface area contributed by atoms with Crippen LogP contribution in [-0.4, -0.2) is 118 Å². The lowest BCUT2D eigenvalue weighted by molar-refractivity contribution is -0.141. The van der Waals surface area contributed by atoms with Crippen molar-refractivity contribution in [3.05, 3.63) is 96.1 Å². The number of nitrogens with two attached hydrogens (primary N) is 2. The molecule has 1 unspecified atom stereocenters. The summed E-state index contributed by atoms with van der Waals surface area (Å²) in [7, 11) is 0. The largest absolute Gasteiger partial charge is 0.354 e. The van der Waals surface area contributed by atoms with Crippen molar-refractivity contribution >= 4 is 54.2 Å². The minimum Gasteiger partial charge on any atom is -0.354 e. The second-order valence-corrected chi connectivity index (χ2v) is 13.8. The fraction of sp³-hybridized carbons (Fsp3) is 0.410. The zero-order valence-electron chi connectivity index (χ0n) is 32.8. The number of benzene rings is 1. The summed E-state index contributed by atoms with van der Waals surface area (Å²) in [5.74, 6) is -2.46. The van der Waals surface area contributed by atoms with Crippen molar-refractivity contribution in [3.63, 3.8) is 0 Å². The number of carbonyl (C=O) groups is 7. The highest BCUT2D eigenvalue weighted by Gasteiger charge is 2.31. The number of aromatic nitrogens is 2. The van der Waals surface area contributed by atoms with Gasteiger partial charge < -0.3 is 53.2 Å². The number of carbonyl (C=O) groups excluding carboxylic acids is 7. The molecule has 19 nitrogen and oxygen atoms in total. The van der Waals surface area contributed by atoms with Crippen molar-refractivity contribution in [2.75, 3.05) is 45.0 Å². The molecule has 3 rings (SSSR count). The van der Waals surface area contributed by atoms with Crippen molar-refractivity contribution in [2.24, 2.45) is 11.5 Å². The maximum Gasteiger partial charge on any atom is 0.312 e. The molecule has 2 aromatic heterocycles. The highest BCUT2D eigenvalue weighted by atomic mass is 32.1. The van der Waals surface area contributed by atoms with Crippen LogP contribution in [0, 0.1) is 0 Å². The lowest BCUT2D eigenvalue weighted by Crippen LogP contribution is -2.56. The van der Waals surface area contributed by atoms with E-state index in [0.717, 1.165) is 11.1 Å². The summed E-state index contributed by atoms with van der Waals surface area (Å²) < 4.78 is 0. The number of pyridine rings is 2. The molecule has 0 aliphatic heterocycles. The molecule has 1 aromatic carbocycles. The van der Waals surface area contributed by atoms with E-state index < -0.39 is 54.3 Å². The van der Waals surface area contributed by atoms with Crippen molar-refractivity contribution in [1.82, 2.24) is 51.7 Å². The number of hydrogen-bond acceptors (Lipinski definition) is 11. The molecule has 2 atom stereocenters. The van der Waals surface area contributed by atoms with Crippen molar-refractivity contribution < 1.29 is 33.6 Å². The number of hydrogen-bond donors (Lipinski definition) is 9. The molecule has 59 heavy (non-hydrogen) atoms. The number of primary amides is 2.